The largest absolute Gasteiger partial charge is 0.481 e. The Labute approximate surface area is 134 Å². The van der Waals surface area contributed by atoms with E-state index < -0.39 is 6.10 Å². The summed E-state index contributed by atoms with van der Waals surface area (Å²) in [5.41, 5.74) is 7.08. The third-order valence-corrected chi connectivity index (χ3v) is 3.90. The van der Waals surface area contributed by atoms with Gasteiger partial charge in [0.15, 0.2) is 6.10 Å². The maximum atomic E-state index is 11.8. The lowest BCUT2D eigenvalue weighted by Gasteiger charge is -2.16. The van der Waals surface area contributed by atoms with Gasteiger partial charge in [-0.3, -0.25) is 4.79 Å². The van der Waals surface area contributed by atoms with E-state index in [0.717, 1.165) is 22.9 Å². The van der Waals surface area contributed by atoms with Crippen LogP contribution < -0.4 is 15.8 Å². The minimum Gasteiger partial charge on any atom is -0.481 e. The Balaban J connectivity index is 2.73. The Morgan fingerprint density at radius 2 is 2.29 bits per heavy atom. The van der Waals surface area contributed by atoms with Crippen molar-refractivity contribution in [1.29, 1.82) is 0 Å². The van der Waals surface area contributed by atoms with Crippen LogP contribution in [-0.4, -0.2) is 24.6 Å². The lowest BCUT2D eigenvalue weighted by atomic mass is 10.0. The van der Waals surface area contributed by atoms with E-state index in [9.17, 15) is 4.79 Å². The standard InChI is InChI=1S/C16H23BrN2O2/c1-4-8-19-16(20)11(3)21-14-6-7-15(17)12(10-14)9-13(18)5-2/h4,6-7,10-11,13H,1,5,8-9,18H2,2-3H3,(H,19,20). The molecule has 0 aliphatic carbocycles. The molecule has 1 aromatic carbocycles. The summed E-state index contributed by atoms with van der Waals surface area (Å²) < 4.78 is 6.68. The van der Waals surface area contributed by atoms with Crippen LogP contribution in [0.25, 0.3) is 0 Å². The second kappa shape index (κ2) is 8.85. The topological polar surface area (TPSA) is 64.3 Å². The van der Waals surface area contributed by atoms with Crippen LogP contribution in [0.5, 0.6) is 5.75 Å². The Kier molecular flexibility index (Phi) is 7.47. The van der Waals surface area contributed by atoms with E-state index in [4.69, 9.17) is 10.5 Å². The van der Waals surface area contributed by atoms with Crippen molar-refractivity contribution >= 4 is 21.8 Å². The lowest BCUT2D eigenvalue weighted by molar-refractivity contribution is -0.127. The van der Waals surface area contributed by atoms with Gasteiger partial charge in [0.05, 0.1) is 0 Å². The molecule has 1 aromatic rings. The lowest BCUT2D eigenvalue weighted by Crippen LogP contribution is -2.36. The summed E-state index contributed by atoms with van der Waals surface area (Å²) in [7, 11) is 0. The van der Waals surface area contributed by atoms with Crippen LogP contribution in [0.4, 0.5) is 0 Å². The zero-order valence-electron chi connectivity index (χ0n) is 12.6. The number of carbonyl (C=O) groups is 1. The first kappa shape index (κ1) is 17.7. The summed E-state index contributed by atoms with van der Waals surface area (Å²) in [4.78, 5) is 11.8. The Morgan fingerprint density at radius 1 is 1.57 bits per heavy atom. The monoisotopic (exact) mass is 354 g/mol. The first-order valence-corrected chi connectivity index (χ1v) is 7.86. The van der Waals surface area contributed by atoms with Crippen molar-refractivity contribution in [3.05, 3.63) is 40.9 Å². The maximum absolute atomic E-state index is 11.8. The molecule has 0 fully saturated rings. The van der Waals surface area contributed by atoms with E-state index in [1.54, 1.807) is 13.0 Å². The molecule has 0 aromatic heterocycles. The fourth-order valence-electron chi connectivity index (χ4n) is 1.78. The Bertz CT molecular complexity index is 491. The molecular weight excluding hydrogens is 332 g/mol. The molecule has 0 radical (unpaired) electrons. The fourth-order valence-corrected chi connectivity index (χ4v) is 2.19. The third-order valence-electron chi connectivity index (χ3n) is 3.13. The van der Waals surface area contributed by atoms with Gasteiger partial charge in [-0.1, -0.05) is 28.9 Å². The van der Waals surface area contributed by atoms with Gasteiger partial charge in [-0.25, -0.2) is 0 Å². The molecule has 5 heteroatoms. The van der Waals surface area contributed by atoms with Crippen molar-refractivity contribution in [3.63, 3.8) is 0 Å². The molecule has 0 heterocycles. The van der Waals surface area contributed by atoms with Crippen LogP contribution in [0.1, 0.15) is 25.8 Å². The van der Waals surface area contributed by atoms with Crippen molar-refractivity contribution in [3.8, 4) is 5.75 Å². The van der Waals surface area contributed by atoms with Crippen LogP contribution in [-0.2, 0) is 11.2 Å². The molecule has 0 saturated heterocycles. The van der Waals surface area contributed by atoms with Crippen LogP contribution in [0.3, 0.4) is 0 Å². The summed E-state index contributed by atoms with van der Waals surface area (Å²) in [5, 5.41) is 2.71. The molecule has 1 amide bonds. The van der Waals surface area contributed by atoms with Crippen molar-refractivity contribution in [1.82, 2.24) is 5.32 Å². The average molecular weight is 355 g/mol. The van der Waals surface area contributed by atoms with E-state index in [1.807, 2.05) is 18.2 Å². The molecule has 0 saturated carbocycles. The van der Waals surface area contributed by atoms with Crippen LogP contribution >= 0.6 is 15.9 Å². The molecule has 3 N–H and O–H groups in total. The number of hydrogen-bond donors (Lipinski definition) is 2. The van der Waals surface area contributed by atoms with Crippen LogP contribution in [0.15, 0.2) is 35.3 Å². The van der Waals surface area contributed by atoms with Crippen molar-refractivity contribution < 1.29 is 9.53 Å². The number of rotatable bonds is 8. The summed E-state index contributed by atoms with van der Waals surface area (Å²) in [6, 6.07) is 5.80. The van der Waals surface area contributed by atoms with Crippen LogP contribution in [0, 0.1) is 0 Å². The molecule has 0 spiro atoms. The van der Waals surface area contributed by atoms with Gasteiger partial charge in [-0.05, 0) is 43.5 Å². The number of hydrogen-bond acceptors (Lipinski definition) is 3. The van der Waals surface area contributed by atoms with Gasteiger partial charge >= 0.3 is 0 Å². The SMILES string of the molecule is C=CCNC(=O)C(C)Oc1ccc(Br)c(CC(N)CC)c1. The van der Waals surface area contributed by atoms with Crippen molar-refractivity contribution in [2.45, 2.75) is 38.8 Å². The molecule has 116 valence electrons. The summed E-state index contributed by atoms with van der Waals surface area (Å²) in [6.07, 6.45) is 2.76. The minimum atomic E-state index is -0.557. The zero-order chi connectivity index (χ0) is 15.8. The number of benzene rings is 1. The van der Waals surface area contributed by atoms with Gasteiger partial charge in [0.25, 0.3) is 5.91 Å². The predicted molar refractivity (Wildman–Crippen MR) is 89.4 cm³/mol. The number of carbonyl (C=O) groups excluding carboxylic acids is 1. The second-order valence-electron chi connectivity index (χ2n) is 4.92. The molecule has 0 aliphatic heterocycles. The zero-order valence-corrected chi connectivity index (χ0v) is 14.2. The van der Waals surface area contributed by atoms with Gasteiger partial charge in [0.1, 0.15) is 5.75 Å². The van der Waals surface area contributed by atoms with Gasteiger partial charge < -0.3 is 15.8 Å². The van der Waals surface area contributed by atoms with E-state index in [0.29, 0.717) is 12.3 Å². The highest BCUT2D eigenvalue weighted by Crippen LogP contribution is 2.24. The number of halogens is 1. The molecule has 4 nitrogen and oxygen atoms in total. The van der Waals surface area contributed by atoms with E-state index >= 15 is 0 Å². The molecule has 1 rings (SSSR count). The molecule has 0 aliphatic rings. The van der Waals surface area contributed by atoms with Crippen LogP contribution in [0.2, 0.25) is 0 Å². The van der Waals surface area contributed by atoms with Gasteiger partial charge in [0, 0.05) is 17.1 Å². The van der Waals surface area contributed by atoms with E-state index in [2.05, 4.69) is 34.7 Å². The number of nitrogens with two attached hydrogens (primary N) is 1. The molecule has 21 heavy (non-hydrogen) atoms. The quantitative estimate of drug-likeness (QED) is 0.705. The summed E-state index contributed by atoms with van der Waals surface area (Å²) >= 11 is 3.52. The number of ether oxygens (including phenoxy) is 1. The van der Waals surface area contributed by atoms with E-state index in [1.165, 1.54) is 0 Å². The van der Waals surface area contributed by atoms with Gasteiger partial charge in [0.2, 0.25) is 0 Å². The number of nitrogens with one attached hydrogen (secondary N) is 1. The van der Waals surface area contributed by atoms with Gasteiger partial charge in [-0.15, -0.1) is 6.58 Å². The molecular formula is C16H23BrN2O2. The first-order valence-electron chi connectivity index (χ1n) is 7.07. The Morgan fingerprint density at radius 3 is 2.90 bits per heavy atom. The molecule has 0 bridgehead atoms. The highest BCUT2D eigenvalue weighted by atomic mass is 79.9. The average Bonchev–Trinajstić information content (AvgIpc) is 2.47. The van der Waals surface area contributed by atoms with Gasteiger partial charge in [-0.2, -0.15) is 0 Å². The maximum Gasteiger partial charge on any atom is 0.261 e. The molecule has 2 unspecified atom stereocenters. The van der Waals surface area contributed by atoms with Crippen molar-refractivity contribution in [2.75, 3.05) is 6.54 Å². The Hall–Kier alpha value is -1.33. The second-order valence-corrected chi connectivity index (χ2v) is 5.77. The summed E-state index contributed by atoms with van der Waals surface area (Å²) in [6.45, 7) is 7.77. The summed E-state index contributed by atoms with van der Waals surface area (Å²) in [5.74, 6) is 0.502. The normalized spacial score (nSPS) is 13.3. The fraction of sp³-hybridized carbons (Fsp3) is 0.438. The predicted octanol–water partition coefficient (Wildman–Crippen LogP) is 2.80. The highest BCUT2D eigenvalue weighted by Gasteiger charge is 2.14. The smallest absolute Gasteiger partial charge is 0.261 e. The molecule has 2 atom stereocenters. The number of amides is 1. The van der Waals surface area contributed by atoms with E-state index in [-0.39, 0.29) is 11.9 Å². The first-order chi connectivity index (χ1) is 9.97. The van der Waals surface area contributed by atoms with Crippen molar-refractivity contribution in [2.24, 2.45) is 5.73 Å². The highest BCUT2D eigenvalue weighted by molar-refractivity contribution is 9.10. The minimum absolute atomic E-state index is 0.116. The third kappa shape index (κ3) is 5.89.